The Hall–Kier alpha value is -2.56. The largest absolute Gasteiger partial charge is 0.465 e. The van der Waals surface area contributed by atoms with Gasteiger partial charge in [-0.25, -0.2) is 0 Å². The number of aromatic nitrogens is 1. The second-order valence-corrected chi connectivity index (χ2v) is 9.02. The number of fused-ring (bicyclic) bond motifs is 2. The van der Waals surface area contributed by atoms with Crippen LogP contribution in [0.2, 0.25) is 5.02 Å². The molecule has 1 aliphatic rings. The summed E-state index contributed by atoms with van der Waals surface area (Å²) in [6.07, 6.45) is 0. The minimum Gasteiger partial charge on any atom is -0.465 e. The van der Waals surface area contributed by atoms with Crippen LogP contribution in [0.25, 0.3) is 10.2 Å². The van der Waals surface area contributed by atoms with Gasteiger partial charge in [0.2, 0.25) is 11.6 Å². The summed E-state index contributed by atoms with van der Waals surface area (Å²) >= 11 is 6.96. The van der Waals surface area contributed by atoms with Crippen LogP contribution in [-0.2, 0) is 26.1 Å². The van der Waals surface area contributed by atoms with Crippen LogP contribution >= 0.6 is 22.9 Å². The number of carbonyl (C=O) groups is 1. The lowest BCUT2D eigenvalue weighted by Crippen LogP contribution is -2.23. The van der Waals surface area contributed by atoms with Gasteiger partial charge < -0.3 is 18.8 Å². The first-order valence-corrected chi connectivity index (χ1v) is 11.2. The van der Waals surface area contributed by atoms with E-state index in [0.717, 1.165) is 11.3 Å². The monoisotopic (exact) mass is 454 g/mol. The van der Waals surface area contributed by atoms with Gasteiger partial charge in [-0.05, 0) is 31.2 Å². The summed E-state index contributed by atoms with van der Waals surface area (Å²) in [4.78, 5) is 12.2. The normalized spacial score (nSPS) is 13.8. The van der Waals surface area contributed by atoms with Crippen LogP contribution < -0.4 is 14.3 Å². The van der Waals surface area contributed by atoms with Gasteiger partial charge in [-0.2, -0.15) is 8.42 Å². The molecule has 4 rings (SSSR count). The van der Waals surface area contributed by atoms with E-state index >= 15 is 0 Å². The molecule has 3 aromatic rings. The van der Waals surface area contributed by atoms with Gasteiger partial charge >= 0.3 is 5.97 Å². The predicted molar refractivity (Wildman–Crippen MR) is 107 cm³/mol. The molecule has 0 bridgehead atoms. The van der Waals surface area contributed by atoms with Crippen LogP contribution in [0.5, 0.6) is 11.5 Å². The van der Waals surface area contributed by atoms with Gasteiger partial charge in [0.25, 0.3) is 10.0 Å². The molecule has 11 heteroatoms. The highest BCUT2D eigenvalue weighted by Gasteiger charge is 2.20. The van der Waals surface area contributed by atoms with E-state index < -0.39 is 16.0 Å². The van der Waals surface area contributed by atoms with E-state index in [1.165, 1.54) is 28.8 Å². The molecule has 0 spiro atoms. The van der Waals surface area contributed by atoms with E-state index in [9.17, 15) is 13.2 Å². The summed E-state index contributed by atoms with van der Waals surface area (Å²) in [6.45, 7) is 1.82. The van der Waals surface area contributed by atoms with Crippen molar-refractivity contribution in [1.82, 2.24) is 4.57 Å². The van der Waals surface area contributed by atoms with Crippen LogP contribution in [-0.4, -0.2) is 32.4 Å². The Morgan fingerprint density at radius 1 is 1.24 bits per heavy atom. The average Bonchev–Trinajstić information content (AvgIpc) is 3.24. The molecule has 0 fully saturated rings. The van der Waals surface area contributed by atoms with E-state index in [-0.39, 0.29) is 29.6 Å². The lowest BCUT2D eigenvalue weighted by molar-refractivity contribution is -0.143. The smallest absolute Gasteiger partial charge is 0.326 e. The first-order valence-electron chi connectivity index (χ1n) is 8.52. The Balaban J connectivity index is 1.89. The number of sulfonamides is 1. The zero-order valence-electron chi connectivity index (χ0n) is 15.1. The Labute approximate surface area is 175 Å². The topological polar surface area (TPSA) is 96.2 Å². The van der Waals surface area contributed by atoms with Gasteiger partial charge in [0.05, 0.1) is 21.7 Å². The molecule has 1 aliphatic heterocycles. The molecule has 0 N–H and O–H groups in total. The van der Waals surface area contributed by atoms with Crippen molar-refractivity contribution in [2.24, 2.45) is 4.40 Å². The molecule has 0 aliphatic carbocycles. The summed E-state index contributed by atoms with van der Waals surface area (Å²) in [5, 5.41) is 0.415. The van der Waals surface area contributed by atoms with Gasteiger partial charge in [0, 0.05) is 17.2 Å². The molecule has 0 radical (unpaired) electrons. The lowest BCUT2D eigenvalue weighted by Gasteiger charge is -2.06. The van der Waals surface area contributed by atoms with Gasteiger partial charge in [-0.15, -0.1) is 4.40 Å². The SMILES string of the molecule is CCOC(=O)Cn1c(=NS(=O)(=O)c2ccc(Cl)cc2)sc2cc3c(cc21)OCO3. The number of ether oxygens (including phenoxy) is 3. The zero-order valence-corrected chi connectivity index (χ0v) is 17.5. The fourth-order valence-corrected chi connectivity index (χ4v) is 5.15. The number of hydrogen-bond acceptors (Lipinski definition) is 7. The Morgan fingerprint density at radius 3 is 2.62 bits per heavy atom. The third kappa shape index (κ3) is 3.96. The van der Waals surface area contributed by atoms with Crippen LogP contribution in [0, 0.1) is 0 Å². The van der Waals surface area contributed by atoms with Crippen molar-refractivity contribution in [3.63, 3.8) is 0 Å². The minimum absolute atomic E-state index is 0.00352. The van der Waals surface area contributed by atoms with Crippen molar-refractivity contribution < 1.29 is 27.4 Å². The molecule has 2 aromatic carbocycles. The molecule has 2 heterocycles. The quantitative estimate of drug-likeness (QED) is 0.550. The number of rotatable bonds is 5. The van der Waals surface area contributed by atoms with Gasteiger partial charge in [0.15, 0.2) is 11.5 Å². The first kappa shape index (κ1) is 19.7. The van der Waals surface area contributed by atoms with Crippen molar-refractivity contribution in [3.05, 3.63) is 46.2 Å². The highest BCUT2D eigenvalue weighted by Crippen LogP contribution is 2.37. The van der Waals surface area contributed by atoms with Crippen LogP contribution in [0.4, 0.5) is 0 Å². The highest BCUT2D eigenvalue weighted by atomic mass is 35.5. The summed E-state index contributed by atoms with van der Waals surface area (Å²) in [5.74, 6) is 0.560. The summed E-state index contributed by atoms with van der Waals surface area (Å²) < 4.78 is 47.5. The highest BCUT2D eigenvalue weighted by molar-refractivity contribution is 7.90. The maximum Gasteiger partial charge on any atom is 0.326 e. The van der Waals surface area contributed by atoms with Crippen molar-refractivity contribution >= 4 is 49.1 Å². The van der Waals surface area contributed by atoms with Crippen LogP contribution in [0.3, 0.4) is 0 Å². The number of esters is 1. The minimum atomic E-state index is -4.02. The number of carbonyl (C=O) groups excluding carboxylic acids is 1. The number of thiazole rings is 1. The Bertz CT molecular complexity index is 1260. The summed E-state index contributed by atoms with van der Waals surface area (Å²) in [7, 11) is -4.02. The maximum absolute atomic E-state index is 12.8. The molecule has 152 valence electrons. The van der Waals surface area contributed by atoms with E-state index in [4.69, 9.17) is 25.8 Å². The fraction of sp³-hybridized carbons (Fsp3) is 0.222. The fourth-order valence-electron chi connectivity index (χ4n) is 2.78. The second kappa shape index (κ2) is 7.69. The van der Waals surface area contributed by atoms with Crippen LogP contribution in [0.1, 0.15) is 6.92 Å². The summed E-state index contributed by atoms with van der Waals surface area (Å²) in [6, 6.07) is 9.13. The van der Waals surface area contributed by atoms with Crippen molar-refractivity contribution in [1.29, 1.82) is 0 Å². The molecule has 0 unspecified atom stereocenters. The average molecular weight is 455 g/mol. The molecule has 0 saturated heterocycles. The van der Waals surface area contributed by atoms with Crippen molar-refractivity contribution in [3.8, 4) is 11.5 Å². The van der Waals surface area contributed by atoms with Crippen molar-refractivity contribution in [2.45, 2.75) is 18.4 Å². The van der Waals surface area contributed by atoms with E-state index in [0.29, 0.717) is 26.7 Å². The molecule has 29 heavy (non-hydrogen) atoms. The Kier molecular flexibility index (Phi) is 5.24. The molecular weight excluding hydrogens is 440 g/mol. The molecule has 0 saturated carbocycles. The van der Waals surface area contributed by atoms with E-state index in [2.05, 4.69) is 4.40 Å². The second-order valence-electron chi connectivity index (χ2n) is 5.97. The molecule has 1 aromatic heterocycles. The standard InChI is InChI=1S/C18H15ClN2O6S2/c1-2-25-17(22)9-21-13-7-14-15(27-10-26-14)8-16(13)28-18(21)20-29(23,24)12-5-3-11(19)4-6-12/h3-8H,2,9-10H2,1H3. The molecular formula is C18H15ClN2O6S2. The van der Waals surface area contributed by atoms with Gasteiger partial charge in [-0.3, -0.25) is 4.79 Å². The molecule has 0 amide bonds. The number of benzene rings is 2. The van der Waals surface area contributed by atoms with Gasteiger partial charge in [-0.1, -0.05) is 22.9 Å². The molecule has 0 atom stereocenters. The van der Waals surface area contributed by atoms with Crippen molar-refractivity contribution in [2.75, 3.05) is 13.4 Å². The lowest BCUT2D eigenvalue weighted by atomic mass is 10.3. The van der Waals surface area contributed by atoms with Gasteiger partial charge in [0.1, 0.15) is 6.54 Å². The summed E-state index contributed by atoms with van der Waals surface area (Å²) in [5.41, 5.74) is 0.595. The maximum atomic E-state index is 12.8. The number of nitrogens with zero attached hydrogens (tertiary/aromatic N) is 2. The van der Waals surface area contributed by atoms with E-state index in [1.54, 1.807) is 19.1 Å². The number of halogens is 1. The molecule has 8 nitrogen and oxygen atoms in total. The van der Waals surface area contributed by atoms with E-state index in [1.807, 2.05) is 0 Å². The Morgan fingerprint density at radius 2 is 1.93 bits per heavy atom. The third-order valence-electron chi connectivity index (χ3n) is 4.08. The predicted octanol–water partition coefficient (Wildman–Crippen LogP) is 2.94. The zero-order chi connectivity index (χ0) is 20.6. The first-order chi connectivity index (χ1) is 13.9. The number of hydrogen-bond donors (Lipinski definition) is 0. The third-order valence-corrected chi connectivity index (χ3v) is 6.77. The van der Waals surface area contributed by atoms with Crippen LogP contribution in [0.15, 0.2) is 45.7 Å².